The molecule has 5 nitrogen and oxygen atoms in total. The van der Waals surface area contributed by atoms with Gasteiger partial charge in [0.15, 0.2) is 0 Å². The number of rotatable bonds is 7. The summed E-state index contributed by atoms with van der Waals surface area (Å²) in [5, 5.41) is 2.25. The van der Waals surface area contributed by atoms with Gasteiger partial charge in [-0.3, -0.25) is 4.57 Å². The fraction of sp³-hybridized carbons (Fsp3) is 0.161. The summed E-state index contributed by atoms with van der Waals surface area (Å²) in [5.41, 5.74) is 10.3. The maximum Gasteiger partial charge on any atom is 0.137 e. The van der Waals surface area contributed by atoms with E-state index in [9.17, 15) is 0 Å². The molecule has 7 aromatic carbocycles. The Labute approximate surface area is 366 Å². The summed E-state index contributed by atoms with van der Waals surface area (Å²) in [5.74, 6) is 2.20. The minimum atomic E-state index is -0.422. The van der Waals surface area contributed by atoms with Crippen molar-refractivity contribution in [2.75, 3.05) is 16.5 Å². The zero-order valence-electron chi connectivity index (χ0n) is 40.3. The summed E-state index contributed by atoms with van der Waals surface area (Å²) < 4.78 is 52.8. The van der Waals surface area contributed by atoms with Crippen molar-refractivity contribution in [2.24, 2.45) is 0 Å². The van der Waals surface area contributed by atoms with Gasteiger partial charge in [-0.25, -0.2) is 4.98 Å². The van der Waals surface area contributed by atoms with Gasteiger partial charge in [0.1, 0.15) is 24.0 Å². The Morgan fingerprint density at radius 3 is 1.98 bits per heavy atom. The van der Waals surface area contributed by atoms with Gasteiger partial charge in [0.25, 0.3) is 0 Å². The van der Waals surface area contributed by atoms with Crippen LogP contribution in [-0.2, 0) is 10.8 Å². The molecule has 10 rings (SSSR count). The highest BCUT2D eigenvalue weighted by Gasteiger charge is 2.32. The second-order valence-corrected chi connectivity index (χ2v) is 17.8. The van der Waals surface area contributed by atoms with Crippen molar-refractivity contribution in [1.82, 2.24) is 9.55 Å². The van der Waals surface area contributed by atoms with Gasteiger partial charge in [-0.2, -0.15) is 0 Å². The second kappa shape index (κ2) is 14.9. The summed E-state index contributed by atoms with van der Waals surface area (Å²) in [4.78, 5) is 9.29. The molecule has 1 aliphatic heterocycles. The minimum Gasteiger partial charge on any atom is -0.457 e. The molecule has 300 valence electrons. The normalized spacial score (nSPS) is 14.1. The fourth-order valence-corrected chi connectivity index (χ4v) is 8.55. The van der Waals surface area contributed by atoms with Crippen molar-refractivity contribution < 1.29 is 11.6 Å². The van der Waals surface area contributed by atoms with Crippen molar-refractivity contribution in [3.05, 3.63) is 193 Å². The lowest BCUT2D eigenvalue weighted by Crippen LogP contribution is -2.25. The number of aromatic nitrogens is 2. The number of ether oxygens (including phenoxy) is 1. The zero-order valence-corrected chi connectivity index (χ0v) is 35.3. The fourth-order valence-electron chi connectivity index (χ4n) is 8.55. The Balaban J connectivity index is 1.07. The number of nitrogens with zero attached hydrogens (tertiary/aromatic N) is 4. The van der Waals surface area contributed by atoms with Gasteiger partial charge in [0.05, 0.1) is 34.9 Å². The molecule has 61 heavy (non-hydrogen) atoms. The van der Waals surface area contributed by atoms with Gasteiger partial charge in [-0.05, 0) is 87.7 Å². The molecule has 2 aromatic heterocycles. The second-order valence-electron chi connectivity index (χ2n) is 17.8. The molecule has 0 aliphatic carbocycles. The zero-order chi connectivity index (χ0) is 46.2. The Morgan fingerprint density at radius 2 is 1.20 bits per heavy atom. The van der Waals surface area contributed by atoms with Gasteiger partial charge in [-0.15, -0.1) is 0 Å². The molecule has 0 atom stereocenters. The first kappa shape index (κ1) is 32.7. The number of anilines is 4. The van der Waals surface area contributed by atoms with Gasteiger partial charge >= 0.3 is 0 Å². The highest BCUT2D eigenvalue weighted by Crippen LogP contribution is 2.50. The third-order valence-corrected chi connectivity index (χ3v) is 11.7. The molecule has 5 heteroatoms. The van der Waals surface area contributed by atoms with Crippen LogP contribution < -0.4 is 14.5 Å². The van der Waals surface area contributed by atoms with Gasteiger partial charge < -0.3 is 14.5 Å². The number of pyridine rings is 1. The first-order valence-corrected chi connectivity index (χ1v) is 20.8. The quantitative estimate of drug-likeness (QED) is 0.161. The summed E-state index contributed by atoms with van der Waals surface area (Å²) >= 11 is 0. The van der Waals surface area contributed by atoms with Crippen LogP contribution in [0.5, 0.6) is 11.5 Å². The molecule has 1 aliphatic rings. The van der Waals surface area contributed by atoms with E-state index in [1.807, 2.05) is 54.7 Å². The van der Waals surface area contributed by atoms with Crippen LogP contribution in [-0.4, -0.2) is 16.2 Å². The van der Waals surface area contributed by atoms with Crippen molar-refractivity contribution in [3.8, 4) is 39.6 Å². The highest BCUT2D eigenvalue weighted by atomic mass is 16.5. The van der Waals surface area contributed by atoms with Crippen molar-refractivity contribution >= 4 is 44.6 Å². The summed E-state index contributed by atoms with van der Waals surface area (Å²) in [6.07, 6.45) is 1.89. The molecule has 0 spiro atoms. The van der Waals surface area contributed by atoms with Crippen LogP contribution in [0.3, 0.4) is 0 Å². The molecule has 3 heterocycles. The summed E-state index contributed by atoms with van der Waals surface area (Å²) in [7, 11) is 0. The van der Waals surface area contributed by atoms with Crippen LogP contribution in [0.4, 0.5) is 22.7 Å². The van der Waals surface area contributed by atoms with Crippen LogP contribution in [0.2, 0.25) is 0 Å². The predicted molar refractivity (Wildman–Crippen MR) is 255 cm³/mol. The Bertz CT molecular complexity index is 3350. The van der Waals surface area contributed by atoms with E-state index in [0.29, 0.717) is 23.7 Å². The standard InChI is InChI=1S/C56H50N4O/c1-55(2,3)40-20-14-19-39(33-40)46-25-16-24-45(38-17-8-7-9-18-38)54(46)59-37-58(50-27-12-13-28-51(50)59)42-21-15-22-43(35-42)61-44-29-30-48-47-23-10-11-26-49(47)60(52(48)36-44)53-34-41(31-32-57-53)56(4,5)6/h7-36H,37H2,1-6H3/i7D,8D,9D,17D,18D. The maximum atomic E-state index is 9.11. The van der Waals surface area contributed by atoms with E-state index in [4.69, 9.17) is 16.6 Å². The Kier molecular flexibility index (Phi) is 7.97. The van der Waals surface area contributed by atoms with Crippen molar-refractivity contribution in [3.63, 3.8) is 0 Å². The number of fused-ring (bicyclic) bond motifs is 4. The monoisotopic (exact) mass is 799 g/mol. The van der Waals surface area contributed by atoms with E-state index < -0.39 is 6.04 Å². The summed E-state index contributed by atoms with van der Waals surface area (Å²) in [6, 6.07) is 47.8. The van der Waals surface area contributed by atoms with Crippen LogP contribution >= 0.6 is 0 Å². The molecule has 0 saturated carbocycles. The predicted octanol–water partition coefficient (Wildman–Crippen LogP) is 15.1. The molecular formula is C56H50N4O. The average molecular weight is 800 g/mol. The lowest BCUT2D eigenvalue weighted by Gasteiger charge is -2.28. The third kappa shape index (κ3) is 7.00. The van der Waals surface area contributed by atoms with E-state index in [2.05, 4.69) is 153 Å². The molecule has 0 radical (unpaired) electrons. The van der Waals surface area contributed by atoms with Gasteiger partial charge in [0.2, 0.25) is 0 Å². The Hall–Kier alpha value is -7.11. The van der Waals surface area contributed by atoms with E-state index in [0.717, 1.165) is 67.1 Å². The molecule has 0 unspecified atom stereocenters. The van der Waals surface area contributed by atoms with Crippen LogP contribution in [0.1, 0.15) is 59.5 Å². The largest absolute Gasteiger partial charge is 0.457 e. The van der Waals surface area contributed by atoms with Crippen LogP contribution in [0.15, 0.2) is 182 Å². The Morgan fingerprint density at radius 1 is 0.541 bits per heavy atom. The van der Waals surface area contributed by atoms with Crippen molar-refractivity contribution in [1.29, 1.82) is 0 Å². The molecule has 0 bridgehead atoms. The van der Waals surface area contributed by atoms with Gasteiger partial charge in [-0.1, -0.05) is 151 Å². The molecule has 9 aromatic rings. The van der Waals surface area contributed by atoms with Crippen LogP contribution in [0, 0.1) is 0 Å². The highest BCUT2D eigenvalue weighted by molar-refractivity contribution is 6.09. The third-order valence-electron chi connectivity index (χ3n) is 11.7. The smallest absolute Gasteiger partial charge is 0.137 e. The van der Waals surface area contributed by atoms with E-state index >= 15 is 0 Å². The topological polar surface area (TPSA) is 33.5 Å². The number of para-hydroxylation sites is 4. The first-order chi connectivity index (χ1) is 31.6. The minimum absolute atomic E-state index is 0.0449. The molecule has 0 fully saturated rings. The SMILES string of the molecule is [2H]c1c([2H])c([2H])c(-c2cccc(-c3cccc(C(C)(C)C)c3)c2N2CN(c3cccc(Oc4ccc5c6ccccc6n(-c6cc(C(C)(C)C)ccn6)c5c4)c3)c3ccccc32)c([2H])c1[2H]. The lowest BCUT2D eigenvalue weighted by atomic mass is 9.85. The number of hydrogen-bond acceptors (Lipinski definition) is 4. The van der Waals surface area contributed by atoms with Crippen molar-refractivity contribution in [2.45, 2.75) is 52.4 Å². The van der Waals surface area contributed by atoms with E-state index in [1.54, 1.807) is 0 Å². The molecule has 0 amide bonds. The van der Waals surface area contributed by atoms with E-state index in [1.165, 1.54) is 5.56 Å². The number of benzene rings is 7. The first-order valence-electron chi connectivity index (χ1n) is 23.3. The molecule has 0 saturated heterocycles. The van der Waals surface area contributed by atoms with Crippen LogP contribution in [0.25, 0.3) is 49.9 Å². The molecule has 0 N–H and O–H groups in total. The lowest BCUT2D eigenvalue weighted by molar-refractivity contribution is 0.483. The maximum absolute atomic E-state index is 9.11. The van der Waals surface area contributed by atoms with Gasteiger partial charge in [0, 0.05) is 45.9 Å². The average Bonchev–Trinajstić information content (AvgIpc) is 3.86. The number of hydrogen-bond donors (Lipinski definition) is 0. The molecular weight excluding hydrogens is 745 g/mol. The van der Waals surface area contributed by atoms with E-state index in [-0.39, 0.29) is 40.6 Å². The summed E-state index contributed by atoms with van der Waals surface area (Å²) in [6.45, 7) is 13.6.